The second kappa shape index (κ2) is 2.50. The van der Waals surface area contributed by atoms with Gasteiger partial charge in [-0.25, -0.2) is 0 Å². The van der Waals surface area contributed by atoms with Crippen molar-refractivity contribution in [3.63, 3.8) is 0 Å². The van der Waals surface area contributed by atoms with Gasteiger partial charge in [-0.2, -0.15) is 5.26 Å². The number of nitrogen functional groups attached to an aromatic ring is 1. The van der Waals surface area contributed by atoms with Crippen molar-refractivity contribution in [1.29, 1.82) is 5.26 Å². The number of nitrogens with zero attached hydrogens (tertiary/aromatic N) is 1. The minimum Gasteiger partial charge on any atom is -0.398 e. The highest BCUT2D eigenvalue weighted by atomic mass is 32.1. The maximum atomic E-state index is 8.75. The first-order valence-corrected chi connectivity index (χ1v) is 4.36. The molecule has 0 aliphatic heterocycles. The number of fused-ring (bicyclic) bond motifs is 1. The smallest absolute Gasteiger partial charge is 0.101 e. The van der Waals surface area contributed by atoms with E-state index in [0.29, 0.717) is 11.3 Å². The van der Waals surface area contributed by atoms with E-state index in [1.807, 2.05) is 23.6 Å². The molecule has 0 fully saturated rings. The number of anilines is 1. The molecule has 3 heteroatoms. The zero-order valence-corrected chi connectivity index (χ0v) is 7.06. The SMILES string of the molecule is N#Cc1csc2cccc(N)c12. The number of nitrogens with two attached hydrogens (primary N) is 1. The molecule has 0 radical (unpaired) electrons. The van der Waals surface area contributed by atoms with Gasteiger partial charge >= 0.3 is 0 Å². The fraction of sp³-hybridized carbons (Fsp3) is 0. The average Bonchev–Trinajstić information content (AvgIpc) is 2.49. The third-order valence-electron chi connectivity index (χ3n) is 1.75. The lowest BCUT2D eigenvalue weighted by atomic mass is 10.1. The lowest BCUT2D eigenvalue weighted by molar-refractivity contribution is 1.52. The Morgan fingerprint density at radius 2 is 2.25 bits per heavy atom. The highest BCUT2D eigenvalue weighted by molar-refractivity contribution is 7.17. The molecule has 12 heavy (non-hydrogen) atoms. The second-order valence-electron chi connectivity index (χ2n) is 2.48. The molecule has 0 aliphatic rings. The number of benzene rings is 1. The van der Waals surface area contributed by atoms with Crippen LogP contribution < -0.4 is 5.73 Å². The number of thiophene rings is 1. The van der Waals surface area contributed by atoms with Crippen LogP contribution >= 0.6 is 11.3 Å². The van der Waals surface area contributed by atoms with Crippen molar-refractivity contribution in [2.75, 3.05) is 5.73 Å². The molecule has 0 aliphatic carbocycles. The molecule has 0 saturated carbocycles. The van der Waals surface area contributed by atoms with Crippen molar-refractivity contribution in [2.24, 2.45) is 0 Å². The lowest BCUT2D eigenvalue weighted by Crippen LogP contribution is -1.84. The minimum absolute atomic E-state index is 0.674. The van der Waals surface area contributed by atoms with Gasteiger partial charge in [0.2, 0.25) is 0 Å². The van der Waals surface area contributed by atoms with Gasteiger partial charge in [0.15, 0.2) is 0 Å². The first kappa shape index (κ1) is 7.14. The second-order valence-corrected chi connectivity index (χ2v) is 3.39. The molecule has 0 spiro atoms. The number of rotatable bonds is 0. The summed E-state index contributed by atoms with van der Waals surface area (Å²) in [4.78, 5) is 0. The Morgan fingerprint density at radius 3 is 3.00 bits per heavy atom. The molecule has 0 amide bonds. The van der Waals surface area contributed by atoms with Crippen molar-refractivity contribution >= 4 is 27.1 Å². The molecule has 0 unspecified atom stereocenters. The minimum atomic E-state index is 0.674. The molecule has 1 aromatic heterocycles. The van der Waals surface area contributed by atoms with Gasteiger partial charge in [0.25, 0.3) is 0 Å². The number of hydrogen-bond acceptors (Lipinski definition) is 3. The molecule has 0 bridgehead atoms. The van der Waals surface area contributed by atoms with Crippen LogP contribution in [0.1, 0.15) is 5.56 Å². The van der Waals surface area contributed by atoms with Crippen molar-refractivity contribution < 1.29 is 0 Å². The van der Waals surface area contributed by atoms with E-state index in [1.54, 1.807) is 11.3 Å². The van der Waals surface area contributed by atoms with Gasteiger partial charge in [-0.1, -0.05) is 6.07 Å². The first-order chi connectivity index (χ1) is 5.83. The van der Waals surface area contributed by atoms with Crippen LogP contribution in [0.25, 0.3) is 10.1 Å². The molecule has 2 nitrogen and oxygen atoms in total. The van der Waals surface area contributed by atoms with Gasteiger partial charge in [0.1, 0.15) is 6.07 Å². The Kier molecular flexibility index (Phi) is 1.49. The molecule has 1 heterocycles. The highest BCUT2D eigenvalue weighted by Gasteiger charge is 2.04. The Labute approximate surface area is 73.9 Å². The van der Waals surface area contributed by atoms with Gasteiger partial charge < -0.3 is 5.73 Å². The topological polar surface area (TPSA) is 49.8 Å². The molecular formula is C9H6N2S. The van der Waals surface area contributed by atoms with E-state index >= 15 is 0 Å². The molecule has 0 atom stereocenters. The maximum absolute atomic E-state index is 8.75. The predicted molar refractivity (Wildman–Crippen MR) is 51.0 cm³/mol. The summed E-state index contributed by atoms with van der Waals surface area (Å²) in [5.74, 6) is 0. The fourth-order valence-corrected chi connectivity index (χ4v) is 2.12. The predicted octanol–water partition coefficient (Wildman–Crippen LogP) is 2.36. The Bertz CT molecular complexity index is 465. The maximum Gasteiger partial charge on any atom is 0.101 e. The average molecular weight is 174 g/mol. The molecule has 2 N–H and O–H groups in total. The van der Waals surface area contributed by atoms with Gasteiger partial charge in [-0.3, -0.25) is 0 Å². The summed E-state index contributed by atoms with van der Waals surface area (Å²) in [6.07, 6.45) is 0. The van der Waals surface area contributed by atoms with Crippen molar-refractivity contribution in [2.45, 2.75) is 0 Å². The van der Waals surface area contributed by atoms with Gasteiger partial charge in [-0.15, -0.1) is 11.3 Å². The van der Waals surface area contributed by atoms with Crippen LogP contribution in [0.15, 0.2) is 23.6 Å². The van der Waals surface area contributed by atoms with Crippen LogP contribution in [0, 0.1) is 11.3 Å². The van der Waals surface area contributed by atoms with E-state index in [0.717, 1.165) is 10.1 Å². The zero-order chi connectivity index (χ0) is 8.55. The Morgan fingerprint density at radius 1 is 1.42 bits per heavy atom. The van der Waals surface area contributed by atoms with Gasteiger partial charge in [0, 0.05) is 21.2 Å². The molecule has 58 valence electrons. The van der Waals surface area contributed by atoms with Crippen molar-refractivity contribution in [3.8, 4) is 6.07 Å². The lowest BCUT2D eigenvalue weighted by Gasteiger charge is -1.94. The van der Waals surface area contributed by atoms with Crippen LogP contribution in [0.3, 0.4) is 0 Å². The Balaban J connectivity index is 2.95. The van der Waals surface area contributed by atoms with Crippen LogP contribution in [0.2, 0.25) is 0 Å². The zero-order valence-electron chi connectivity index (χ0n) is 6.24. The van der Waals surface area contributed by atoms with E-state index in [1.165, 1.54) is 0 Å². The van der Waals surface area contributed by atoms with E-state index in [2.05, 4.69) is 6.07 Å². The van der Waals surface area contributed by atoms with Crippen molar-refractivity contribution in [3.05, 3.63) is 29.1 Å². The third kappa shape index (κ3) is 0.858. The van der Waals surface area contributed by atoms with Crippen LogP contribution in [0.4, 0.5) is 5.69 Å². The summed E-state index contributed by atoms with van der Waals surface area (Å²) in [5.41, 5.74) is 7.09. The van der Waals surface area contributed by atoms with Crippen molar-refractivity contribution in [1.82, 2.24) is 0 Å². The normalized spacial score (nSPS) is 9.92. The third-order valence-corrected chi connectivity index (χ3v) is 2.70. The number of hydrogen-bond donors (Lipinski definition) is 1. The molecule has 2 aromatic rings. The summed E-state index contributed by atoms with van der Waals surface area (Å²) in [7, 11) is 0. The first-order valence-electron chi connectivity index (χ1n) is 3.48. The fourth-order valence-electron chi connectivity index (χ4n) is 1.20. The van der Waals surface area contributed by atoms with Gasteiger partial charge in [-0.05, 0) is 12.1 Å². The molecule has 0 saturated heterocycles. The summed E-state index contributed by atoms with van der Waals surface area (Å²) in [5, 5.41) is 11.5. The molecule has 1 aromatic carbocycles. The largest absolute Gasteiger partial charge is 0.398 e. The highest BCUT2D eigenvalue weighted by Crippen LogP contribution is 2.29. The molecule has 2 rings (SSSR count). The summed E-state index contributed by atoms with van der Waals surface area (Å²) in [6, 6.07) is 7.80. The Hall–Kier alpha value is -1.53. The van der Waals surface area contributed by atoms with E-state index in [4.69, 9.17) is 11.0 Å². The quantitative estimate of drug-likeness (QED) is 0.623. The van der Waals surface area contributed by atoms with E-state index < -0.39 is 0 Å². The summed E-state index contributed by atoms with van der Waals surface area (Å²) < 4.78 is 1.08. The van der Waals surface area contributed by atoms with E-state index in [-0.39, 0.29) is 0 Å². The van der Waals surface area contributed by atoms with Crippen LogP contribution in [0.5, 0.6) is 0 Å². The van der Waals surface area contributed by atoms with Gasteiger partial charge in [0.05, 0.1) is 5.56 Å². The van der Waals surface area contributed by atoms with Crippen LogP contribution in [-0.2, 0) is 0 Å². The van der Waals surface area contributed by atoms with E-state index in [9.17, 15) is 0 Å². The summed E-state index contributed by atoms with van der Waals surface area (Å²) in [6.45, 7) is 0. The molecular weight excluding hydrogens is 168 g/mol. The monoisotopic (exact) mass is 174 g/mol. The summed E-state index contributed by atoms with van der Waals surface area (Å²) >= 11 is 1.55. The standard InChI is InChI=1S/C9H6N2S/c10-4-6-5-12-8-3-1-2-7(11)9(6)8/h1-3,5H,11H2. The van der Waals surface area contributed by atoms with Crippen LogP contribution in [-0.4, -0.2) is 0 Å². The number of nitriles is 1.